The van der Waals surface area contributed by atoms with E-state index in [0.29, 0.717) is 6.54 Å². The second-order valence-electron chi connectivity index (χ2n) is 6.91. The van der Waals surface area contributed by atoms with E-state index in [1.807, 2.05) is 18.3 Å². The molecular formula is C20H23N5OS. The van der Waals surface area contributed by atoms with E-state index in [9.17, 15) is 4.79 Å². The molecule has 0 fully saturated rings. The van der Waals surface area contributed by atoms with Crippen molar-refractivity contribution in [1.29, 1.82) is 0 Å². The van der Waals surface area contributed by atoms with Crippen LogP contribution in [0.3, 0.4) is 0 Å². The predicted octanol–water partition coefficient (Wildman–Crippen LogP) is 3.20. The minimum absolute atomic E-state index is 0.0107. The Bertz CT molecular complexity index is 969. The summed E-state index contributed by atoms with van der Waals surface area (Å²) < 4.78 is 0. The number of nitrogens with one attached hydrogen (secondary N) is 1. The lowest BCUT2D eigenvalue weighted by molar-refractivity contribution is -0.118. The van der Waals surface area contributed by atoms with E-state index in [1.54, 1.807) is 24.5 Å². The maximum atomic E-state index is 11.1. The second kappa shape index (κ2) is 7.60. The number of carbonyl (C=O) groups excluding carboxylic acids is 1. The summed E-state index contributed by atoms with van der Waals surface area (Å²) in [5.41, 5.74) is 2.36. The molecule has 1 aliphatic carbocycles. The van der Waals surface area contributed by atoms with Gasteiger partial charge in [-0.05, 0) is 43.4 Å². The number of aryl methyl sites for hydroxylation is 2. The van der Waals surface area contributed by atoms with Gasteiger partial charge in [0.2, 0.25) is 5.91 Å². The molecule has 3 aromatic rings. The SMILES string of the molecule is CC(=O)NCCCN(C)c1nc(-c2cccnc2)nc2sc3c(c12)CCC3. The number of fused-ring (bicyclic) bond motifs is 3. The lowest BCUT2D eigenvalue weighted by atomic mass is 10.1. The number of anilines is 1. The number of carbonyl (C=O) groups is 1. The van der Waals surface area contributed by atoms with E-state index < -0.39 is 0 Å². The van der Waals surface area contributed by atoms with Crippen LogP contribution in [0.1, 0.15) is 30.2 Å². The monoisotopic (exact) mass is 381 g/mol. The molecule has 4 rings (SSSR count). The van der Waals surface area contributed by atoms with Crippen molar-refractivity contribution in [2.75, 3.05) is 25.0 Å². The summed E-state index contributed by atoms with van der Waals surface area (Å²) in [6.45, 7) is 3.04. The average molecular weight is 382 g/mol. The van der Waals surface area contributed by atoms with E-state index in [2.05, 4.69) is 22.2 Å². The molecule has 0 aliphatic heterocycles. The van der Waals surface area contributed by atoms with Crippen LogP contribution < -0.4 is 10.2 Å². The number of rotatable bonds is 6. The van der Waals surface area contributed by atoms with Crippen molar-refractivity contribution in [3.05, 3.63) is 35.0 Å². The van der Waals surface area contributed by atoms with E-state index in [0.717, 1.165) is 47.8 Å². The number of hydrogen-bond acceptors (Lipinski definition) is 6. The summed E-state index contributed by atoms with van der Waals surface area (Å²) in [7, 11) is 2.07. The maximum absolute atomic E-state index is 11.1. The highest BCUT2D eigenvalue weighted by atomic mass is 32.1. The van der Waals surface area contributed by atoms with Crippen molar-refractivity contribution in [3.63, 3.8) is 0 Å². The third kappa shape index (κ3) is 3.64. The Hall–Kier alpha value is -2.54. The Morgan fingerprint density at radius 2 is 2.22 bits per heavy atom. The molecule has 0 bridgehead atoms. The van der Waals surface area contributed by atoms with Crippen LogP contribution >= 0.6 is 11.3 Å². The van der Waals surface area contributed by atoms with Gasteiger partial charge < -0.3 is 10.2 Å². The largest absolute Gasteiger partial charge is 0.359 e. The summed E-state index contributed by atoms with van der Waals surface area (Å²) >= 11 is 1.80. The lowest BCUT2D eigenvalue weighted by Crippen LogP contribution is -2.27. The quantitative estimate of drug-likeness (QED) is 0.664. The van der Waals surface area contributed by atoms with E-state index in [-0.39, 0.29) is 5.91 Å². The summed E-state index contributed by atoms with van der Waals surface area (Å²) in [6.07, 6.45) is 7.91. The van der Waals surface area contributed by atoms with Crippen LogP contribution in [0.4, 0.5) is 5.82 Å². The van der Waals surface area contributed by atoms with Gasteiger partial charge in [-0.1, -0.05) is 0 Å². The molecule has 0 unspecified atom stereocenters. The number of aromatic nitrogens is 3. The van der Waals surface area contributed by atoms with Gasteiger partial charge in [0.05, 0.1) is 5.39 Å². The Labute approximate surface area is 162 Å². The molecule has 0 aromatic carbocycles. The Balaban J connectivity index is 1.71. The highest BCUT2D eigenvalue weighted by Crippen LogP contribution is 2.41. The number of thiophene rings is 1. The molecule has 7 heteroatoms. The predicted molar refractivity (Wildman–Crippen MR) is 109 cm³/mol. The van der Waals surface area contributed by atoms with Gasteiger partial charge in [0.15, 0.2) is 5.82 Å². The third-order valence-electron chi connectivity index (χ3n) is 4.87. The molecule has 1 aliphatic rings. The van der Waals surface area contributed by atoms with Crippen LogP contribution in [0.15, 0.2) is 24.5 Å². The molecule has 0 saturated heterocycles. The minimum atomic E-state index is 0.0107. The average Bonchev–Trinajstić information content (AvgIpc) is 3.25. The van der Waals surface area contributed by atoms with Gasteiger partial charge in [-0.2, -0.15) is 0 Å². The number of nitrogens with zero attached hydrogens (tertiary/aromatic N) is 4. The first-order valence-corrected chi connectivity index (χ1v) is 10.1. The van der Waals surface area contributed by atoms with Gasteiger partial charge in [-0.25, -0.2) is 9.97 Å². The number of amides is 1. The fourth-order valence-corrected chi connectivity index (χ4v) is 4.82. The van der Waals surface area contributed by atoms with Crippen LogP contribution in [-0.4, -0.2) is 41.0 Å². The Morgan fingerprint density at radius 1 is 1.33 bits per heavy atom. The zero-order valence-corrected chi connectivity index (χ0v) is 16.5. The highest BCUT2D eigenvalue weighted by Gasteiger charge is 2.24. The van der Waals surface area contributed by atoms with Gasteiger partial charge in [-0.15, -0.1) is 11.3 Å². The van der Waals surface area contributed by atoms with Gasteiger partial charge in [0, 0.05) is 49.9 Å². The number of pyridine rings is 1. The molecule has 140 valence electrons. The van der Waals surface area contributed by atoms with Crippen molar-refractivity contribution < 1.29 is 4.79 Å². The molecule has 1 N–H and O–H groups in total. The van der Waals surface area contributed by atoms with Crippen molar-refractivity contribution >= 4 is 33.3 Å². The standard InChI is InChI=1S/C20H23N5OS/c1-13(26)22-10-5-11-25(2)19-17-15-7-3-8-16(15)27-20(17)24-18(23-19)14-6-4-9-21-12-14/h4,6,9,12H,3,5,7-8,10-11H2,1-2H3,(H,22,26). The van der Waals surface area contributed by atoms with Gasteiger partial charge in [0.1, 0.15) is 10.6 Å². The van der Waals surface area contributed by atoms with Gasteiger partial charge in [0.25, 0.3) is 0 Å². The molecule has 6 nitrogen and oxygen atoms in total. The van der Waals surface area contributed by atoms with E-state index in [4.69, 9.17) is 9.97 Å². The molecule has 0 radical (unpaired) electrons. The summed E-state index contributed by atoms with van der Waals surface area (Å²) in [4.78, 5) is 29.8. The first-order valence-electron chi connectivity index (χ1n) is 9.31. The minimum Gasteiger partial charge on any atom is -0.359 e. The molecule has 27 heavy (non-hydrogen) atoms. The molecule has 0 spiro atoms. The van der Waals surface area contributed by atoms with Crippen molar-refractivity contribution in [1.82, 2.24) is 20.3 Å². The normalized spacial score (nSPS) is 13.0. The first-order chi connectivity index (χ1) is 13.1. The Kier molecular flexibility index (Phi) is 5.03. The van der Waals surface area contributed by atoms with Crippen LogP contribution in [0, 0.1) is 0 Å². The van der Waals surface area contributed by atoms with Gasteiger partial charge in [-0.3, -0.25) is 9.78 Å². The van der Waals surface area contributed by atoms with Gasteiger partial charge >= 0.3 is 0 Å². The summed E-state index contributed by atoms with van der Waals surface area (Å²) in [6, 6.07) is 3.91. The maximum Gasteiger partial charge on any atom is 0.216 e. The molecule has 0 saturated carbocycles. The van der Waals surface area contributed by atoms with Crippen LogP contribution in [0.25, 0.3) is 21.6 Å². The second-order valence-corrected chi connectivity index (χ2v) is 7.99. The van der Waals surface area contributed by atoms with Crippen molar-refractivity contribution in [2.45, 2.75) is 32.6 Å². The van der Waals surface area contributed by atoms with Crippen LogP contribution in [0.2, 0.25) is 0 Å². The summed E-state index contributed by atoms with van der Waals surface area (Å²) in [5.74, 6) is 1.72. The zero-order chi connectivity index (χ0) is 18.8. The fraction of sp³-hybridized carbons (Fsp3) is 0.400. The van der Waals surface area contributed by atoms with E-state index >= 15 is 0 Å². The fourth-order valence-electron chi connectivity index (χ4n) is 3.56. The first kappa shape index (κ1) is 17.9. The zero-order valence-electron chi connectivity index (χ0n) is 15.7. The Morgan fingerprint density at radius 3 is 3.00 bits per heavy atom. The molecule has 1 amide bonds. The molecule has 3 heterocycles. The number of hydrogen-bond donors (Lipinski definition) is 1. The van der Waals surface area contributed by atoms with Crippen molar-refractivity contribution in [2.24, 2.45) is 0 Å². The topological polar surface area (TPSA) is 71.0 Å². The molecule has 3 aromatic heterocycles. The molecular weight excluding hydrogens is 358 g/mol. The van der Waals surface area contributed by atoms with Crippen molar-refractivity contribution in [3.8, 4) is 11.4 Å². The highest BCUT2D eigenvalue weighted by molar-refractivity contribution is 7.19. The molecule has 0 atom stereocenters. The smallest absolute Gasteiger partial charge is 0.216 e. The third-order valence-corrected chi connectivity index (χ3v) is 6.06. The summed E-state index contributed by atoms with van der Waals surface area (Å²) in [5, 5.41) is 4.07. The lowest BCUT2D eigenvalue weighted by Gasteiger charge is -2.20. The van der Waals surface area contributed by atoms with Crippen LogP contribution in [0.5, 0.6) is 0 Å². The van der Waals surface area contributed by atoms with Crippen LogP contribution in [-0.2, 0) is 17.6 Å². The van der Waals surface area contributed by atoms with E-state index in [1.165, 1.54) is 22.2 Å².